The molecular formula is C20H20F6N6O3. The normalized spacial score (nSPS) is 12.9. The lowest BCUT2D eigenvalue weighted by atomic mass is 10.1. The summed E-state index contributed by atoms with van der Waals surface area (Å²) in [7, 11) is 2.62. The minimum atomic E-state index is -5.07. The number of methoxy groups -OCH3 is 2. The van der Waals surface area contributed by atoms with E-state index in [0.717, 1.165) is 12.3 Å². The van der Waals surface area contributed by atoms with Crippen molar-refractivity contribution in [3.8, 4) is 22.9 Å². The Bertz CT molecular complexity index is 1200. The van der Waals surface area contributed by atoms with Gasteiger partial charge in [0.2, 0.25) is 0 Å². The van der Waals surface area contributed by atoms with E-state index in [1.165, 1.54) is 43.3 Å². The summed E-state index contributed by atoms with van der Waals surface area (Å²) in [6.07, 6.45) is -4.34. The molecule has 35 heavy (non-hydrogen) atoms. The molecule has 9 nitrogen and oxygen atoms in total. The number of halogens is 6. The molecule has 3 rings (SSSR count). The third kappa shape index (κ3) is 5.66. The first-order chi connectivity index (χ1) is 16.4. The molecule has 0 saturated heterocycles. The van der Waals surface area contributed by atoms with E-state index < -0.39 is 43.2 Å². The standard InChI is InChI=1S/C20H20F6N6O3/c1-4-32(18(33)29-10-19(21,22)23)15(20(24,25)26)12-7-11(14(34-2)8-28-12)13-9-31-6-5-27-16(31)17(30-13)35-3/h5-9,15H,4,10H2,1-3H3,(H,29,33). The first-order valence-corrected chi connectivity index (χ1v) is 9.99. The van der Waals surface area contributed by atoms with Crippen LogP contribution in [0.5, 0.6) is 11.6 Å². The lowest BCUT2D eigenvalue weighted by Crippen LogP contribution is -2.49. The Morgan fingerprint density at radius 1 is 1.17 bits per heavy atom. The van der Waals surface area contributed by atoms with E-state index in [9.17, 15) is 31.1 Å². The largest absolute Gasteiger partial charge is 0.494 e. The van der Waals surface area contributed by atoms with Crippen LogP contribution in [-0.4, -0.2) is 69.9 Å². The molecule has 0 aromatic carbocycles. The van der Waals surface area contributed by atoms with Gasteiger partial charge in [0, 0.05) is 30.7 Å². The summed E-state index contributed by atoms with van der Waals surface area (Å²) < 4.78 is 91.9. The molecule has 0 fully saturated rings. The molecule has 1 N–H and O–H groups in total. The Labute approximate surface area is 194 Å². The highest BCUT2D eigenvalue weighted by Gasteiger charge is 2.48. The fraction of sp³-hybridized carbons (Fsp3) is 0.400. The fourth-order valence-electron chi connectivity index (χ4n) is 3.37. The number of hydrogen-bond acceptors (Lipinski definition) is 6. The summed E-state index contributed by atoms with van der Waals surface area (Å²) >= 11 is 0. The predicted octanol–water partition coefficient (Wildman–Crippen LogP) is 4.01. The van der Waals surface area contributed by atoms with E-state index in [1.807, 2.05) is 0 Å². The summed E-state index contributed by atoms with van der Waals surface area (Å²) in [5, 5.41) is 1.47. The number of fused-ring (bicyclic) bond motifs is 1. The maximum absolute atomic E-state index is 14.1. The number of aromatic nitrogens is 4. The second-order valence-electron chi connectivity index (χ2n) is 7.11. The zero-order chi connectivity index (χ0) is 26.0. The number of urea groups is 1. The number of amides is 2. The van der Waals surface area contributed by atoms with Crippen molar-refractivity contribution in [3.05, 3.63) is 36.5 Å². The van der Waals surface area contributed by atoms with Gasteiger partial charge in [0.1, 0.15) is 12.3 Å². The van der Waals surface area contributed by atoms with Crippen LogP contribution in [0.2, 0.25) is 0 Å². The Balaban J connectivity index is 2.11. The molecule has 0 aliphatic carbocycles. The van der Waals surface area contributed by atoms with Crippen molar-refractivity contribution in [2.75, 3.05) is 27.3 Å². The van der Waals surface area contributed by atoms with E-state index in [2.05, 4.69) is 15.0 Å². The average Bonchev–Trinajstić information content (AvgIpc) is 3.27. The minimum absolute atomic E-state index is 0.0632. The number of carbonyl (C=O) groups excluding carboxylic acids is 1. The molecule has 190 valence electrons. The number of nitrogens with zero attached hydrogens (tertiary/aromatic N) is 5. The van der Waals surface area contributed by atoms with Gasteiger partial charge < -0.3 is 24.1 Å². The fourth-order valence-corrected chi connectivity index (χ4v) is 3.37. The van der Waals surface area contributed by atoms with Crippen LogP contribution in [0, 0.1) is 0 Å². The van der Waals surface area contributed by atoms with Crippen molar-refractivity contribution in [1.82, 2.24) is 29.6 Å². The van der Waals surface area contributed by atoms with Crippen molar-refractivity contribution in [3.63, 3.8) is 0 Å². The molecule has 1 unspecified atom stereocenters. The van der Waals surface area contributed by atoms with E-state index in [0.29, 0.717) is 5.65 Å². The number of carbonyl (C=O) groups is 1. The number of nitrogens with one attached hydrogen (secondary N) is 1. The quantitative estimate of drug-likeness (QED) is 0.487. The lowest BCUT2D eigenvalue weighted by molar-refractivity contribution is -0.179. The molecule has 1 atom stereocenters. The van der Waals surface area contributed by atoms with Crippen molar-refractivity contribution < 1.29 is 40.6 Å². The molecule has 3 aromatic heterocycles. The van der Waals surface area contributed by atoms with Crippen molar-refractivity contribution in [2.45, 2.75) is 25.3 Å². The van der Waals surface area contributed by atoms with Gasteiger partial charge in [-0.2, -0.15) is 26.3 Å². The summed E-state index contributed by atoms with van der Waals surface area (Å²) in [5.41, 5.74) is -0.0780. The van der Waals surface area contributed by atoms with E-state index in [4.69, 9.17) is 9.47 Å². The zero-order valence-electron chi connectivity index (χ0n) is 18.6. The SMILES string of the molecule is CCN(C(=O)NCC(F)(F)F)C(c1cc(-c2cn3ccnc3c(OC)n2)c(OC)cn1)C(F)(F)F. The summed E-state index contributed by atoms with van der Waals surface area (Å²) in [6.45, 7) is -1.14. The van der Waals surface area contributed by atoms with Crippen LogP contribution in [0.1, 0.15) is 18.7 Å². The number of rotatable bonds is 7. The van der Waals surface area contributed by atoms with Crippen LogP contribution in [0.4, 0.5) is 31.1 Å². The highest BCUT2D eigenvalue weighted by molar-refractivity contribution is 5.75. The maximum Gasteiger partial charge on any atom is 0.414 e. The summed E-state index contributed by atoms with van der Waals surface area (Å²) in [5.74, 6) is 0.148. The summed E-state index contributed by atoms with van der Waals surface area (Å²) in [6, 6.07) is -3.18. The maximum atomic E-state index is 14.1. The first kappa shape index (κ1) is 25.8. The predicted molar refractivity (Wildman–Crippen MR) is 110 cm³/mol. The number of imidazole rings is 1. The van der Waals surface area contributed by atoms with E-state index >= 15 is 0 Å². The molecule has 0 saturated carbocycles. The molecular weight excluding hydrogens is 486 g/mol. The van der Waals surface area contributed by atoms with Gasteiger partial charge in [-0.05, 0) is 13.0 Å². The first-order valence-electron chi connectivity index (χ1n) is 9.99. The molecule has 0 bridgehead atoms. The lowest BCUT2D eigenvalue weighted by Gasteiger charge is -2.32. The molecule has 0 spiro atoms. The topological polar surface area (TPSA) is 93.9 Å². The van der Waals surface area contributed by atoms with Crippen LogP contribution in [0.25, 0.3) is 16.9 Å². The third-order valence-electron chi connectivity index (χ3n) is 4.86. The van der Waals surface area contributed by atoms with Gasteiger partial charge in [-0.3, -0.25) is 4.98 Å². The average molecular weight is 506 g/mol. The Kier molecular flexibility index (Phi) is 7.26. The van der Waals surface area contributed by atoms with Gasteiger partial charge in [-0.25, -0.2) is 14.8 Å². The monoisotopic (exact) mass is 506 g/mol. The van der Waals surface area contributed by atoms with E-state index in [-0.39, 0.29) is 27.8 Å². The molecule has 15 heteroatoms. The highest BCUT2D eigenvalue weighted by Crippen LogP contribution is 2.40. The highest BCUT2D eigenvalue weighted by atomic mass is 19.4. The van der Waals surface area contributed by atoms with Gasteiger partial charge in [-0.15, -0.1) is 0 Å². The van der Waals surface area contributed by atoms with Gasteiger partial charge in [0.25, 0.3) is 5.88 Å². The molecule has 0 radical (unpaired) electrons. The molecule has 0 aliphatic rings. The molecule has 0 aliphatic heterocycles. The second kappa shape index (κ2) is 9.84. The van der Waals surface area contributed by atoms with Crippen LogP contribution in [-0.2, 0) is 0 Å². The Morgan fingerprint density at radius 3 is 2.46 bits per heavy atom. The van der Waals surface area contributed by atoms with Crippen LogP contribution in [0.15, 0.2) is 30.9 Å². The minimum Gasteiger partial charge on any atom is -0.494 e. The second-order valence-corrected chi connectivity index (χ2v) is 7.11. The molecule has 2 amide bonds. The Hall–Kier alpha value is -3.78. The van der Waals surface area contributed by atoms with Crippen molar-refractivity contribution in [1.29, 1.82) is 0 Å². The number of pyridine rings is 1. The number of ether oxygens (including phenoxy) is 2. The van der Waals surface area contributed by atoms with Gasteiger partial charge >= 0.3 is 18.4 Å². The number of hydrogen-bond donors (Lipinski definition) is 1. The molecule has 3 heterocycles. The zero-order valence-corrected chi connectivity index (χ0v) is 18.6. The van der Waals surface area contributed by atoms with E-state index in [1.54, 1.807) is 6.20 Å². The Morgan fingerprint density at radius 2 is 1.89 bits per heavy atom. The van der Waals surface area contributed by atoms with Gasteiger partial charge in [0.15, 0.2) is 11.7 Å². The van der Waals surface area contributed by atoms with Gasteiger partial charge in [-0.1, -0.05) is 0 Å². The van der Waals surface area contributed by atoms with Crippen molar-refractivity contribution >= 4 is 11.7 Å². The van der Waals surface area contributed by atoms with Crippen LogP contribution in [0.3, 0.4) is 0 Å². The van der Waals surface area contributed by atoms with Crippen LogP contribution >= 0.6 is 0 Å². The molecule has 3 aromatic rings. The smallest absolute Gasteiger partial charge is 0.414 e. The van der Waals surface area contributed by atoms with Crippen molar-refractivity contribution in [2.24, 2.45) is 0 Å². The number of alkyl halides is 6. The third-order valence-corrected chi connectivity index (χ3v) is 4.86. The van der Waals surface area contributed by atoms with Crippen LogP contribution < -0.4 is 14.8 Å². The van der Waals surface area contributed by atoms with Gasteiger partial charge in [0.05, 0.1) is 31.8 Å². The summed E-state index contributed by atoms with van der Waals surface area (Å²) in [4.78, 5) is 24.7.